The van der Waals surface area contributed by atoms with Crippen LogP contribution in [0.3, 0.4) is 0 Å². The Balaban J connectivity index is 0.00000192. The van der Waals surface area contributed by atoms with Crippen LogP contribution in [0, 0.1) is 5.92 Å². The molecule has 3 rings (SSSR count). The Hall–Kier alpha value is -1.41. The van der Waals surface area contributed by atoms with Crippen molar-refractivity contribution in [3.8, 4) is 11.3 Å². The van der Waals surface area contributed by atoms with Gasteiger partial charge < -0.3 is 9.84 Å². The van der Waals surface area contributed by atoms with E-state index < -0.39 is 10.0 Å². The summed E-state index contributed by atoms with van der Waals surface area (Å²) < 4.78 is 32.6. The molecule has 6 nitrogen and oxygen atoms in total. The van der Waals surface area contributed by atoms with Gasteiger partial charge in [0.25, 0.3) is 0 Å². The zero-order valence-corrected chi connectivity index (χ0v) is 14.4. The molecule has 1 aliphatic heterocycles. The summed E-state index contributed by atoms with van der Waals surface area (Å²) in [5.74, 6) is 0.822. The van der Waals surface area contributed by atoms with Gasteiger partial charge in [-0.2, -0.15) is 4.31 Å². The Bertz CT molecular complexity index is 734. The number of hydrogen-bond donors (Lipinski definition) is 1. The highest BCUT2D eigenvalue weighted by Gasteiger charge is 2.33. The van der Waals surface area contributed by atoms with Crippen LogP contribution in [0.4, 0.5) is 0 Å². The minimum absolute atomic E-state index is 0. The van der Waals surface area contributed by atoms with Crippen molar-refractivity contribution in [1.29, 1.82) is 0 Å². The lowest BCUT2D eigenvalue weighted by molar-refractivity contribution is 0.430. The molecule has 2 heterocycles. The molecule has 1 N–H and O–H groups in total. The molecular weight excluding hydrogens is 338 g/mol. The molecular formula is C15H20ClN3O3S. The van der Waals surface area contributed by atoms with Gasteiger partial charge in [0.05, 0.1) is 11.1 Å². The number of hydrogen-bond acceptors (Lipinski definition) is 5. The van der Waals surface area contributed by atoms with Crippen molar-refractivity contribution in [2.24, 2.45) is 5.92 Å². The minimum Gasteiger partial charge on any atom is -0.356 e. The summed E-state index contributed by atoms with van der Waals surface area (Å²) >= 11 is 0. The molecule has 2 aromatic rings. The minimum atomic E-state index is -3.53. The number of aromatic nitrogens is 1. The van der Waals surface area contributed by atoms with Crippen molar-refractivity contribution in [2.45, 2.75) is 11.3 Å². The number of sulfonamides is 1. The number of nitrogens with zero attached hydrogens (tertiary/aromatic N) is 2. The van der Waals surface area contributed by atoms with Crippen LogP contribution < -0.4 is 5.32 Å². The van der Waals surface area contributed by atoms with Crippen molar-refractivity contribution in [3.05, 3.63) is 36.5 Å². The molecule has 8 heteroatoms. The van der Waals surface area contributed by atoms with E-state index in [-0.39, 0.29) is 17.3 Å². The first-order valence-electron chi connectivity index (χ1n) is 7.28. The molecule has 1 aliphatic rings. The van der Waals surface area contributed by atoms with Crippen LogP contribution in [0.2, 0.25) is 0 Å². The van der Waals surface area contributed by atoms with Crippen LogP contribution in [-0.2, 0) is 10.0 Å². The van der Waals surface area contributed by atoms with Gasteiger partial charge in [0.2, 0.25) is 10.0 Å². The lowest BCUT2D eigenvalue weighted by Crippen LogP contribution is -2.30. The van der Waals surface area contributed by atoms with E-state index in [4.69, 9.17) is 4.52 Å². The second kappa shape index (κ2) is 7.44. The Labute approximate surface area is 142 Å². The summed E-state index contributed by atoms with van der Waals surface area (Å²) in [4.78, 5) is 0.275. The van der Waals surface area contributed by atoms with Crippen LogP contribution in [0.15, 0.2) is 45.9 Å². The maximum Gasteiger partial charge on any atom is 0.243 e. The second-order valence-electron chi connectivity index (χ2n) is 5.45. The predicted octanol–water partition coefficient (Wildman–Crippen LogP) is 1.99. The number of rotatable bonds is 5. The highest BCUT2D eigenvalue weighted by Crippen LogP contribution is 2.31. The van der Waals surface area contributed by atoms with Crippen LogP contribution in [0.5, 0.6) is 0 Å². The smallest absolute Gasteiger partial charge is 0.243 e. The average Bonchev–Trinajstić information content (AvgIpc) is 3.19. The summed E-state index contributed by atoms with van der Waals surface area (Å²) in [6, 6.07) is 8.56. The van der Waals surface area contributed by atoms with Gasteiger partial charge >= 0.3 is 0 Å². The van der Waals surface area contributed by atoms with E-state index in [1.807, 2.05) is 7.05 Å². The molecule has 1 aromatic heterocycles. The van der Waals surface area contributed by atoms with Gasteiger partial charge in [-0.25, -0.2) is 8.42 Å². The van der Waals surface area contributed by atoms with Gasteiger partial charge in [-0.3, -0.25) is 0 Å². The second-order valence-corrected chi connectivity index (χ2v) is 7.35. The zero-order valence-electron chi connectivity index (χ0n) is 12.8. The third-order valence-electron chi connectivity index (χ3n) is 3.95. The summed E-state index contributed by atoms with van der Waals surface area (Å²) in [6.45, 7) is 1.93. The monoisotopic (exact) mass is 357 g/mol. The fraction of sp³-hybridized carbons (Fsp3) is 0.400. The normalized spacial score (nSPS) is 18.7. The largest absolute Gasteiger partial charge is 0.356 e. The van der Waals surface area contributed by atoms with Gasteiger partial charge in [0.15, 0.2) is 5.76 Å². The van der Waals surface area contributed by atoms with E-state index in [0.717, 1.165) is 13.0 Å². The van der Waals surface area contributed by atoms with Gasteiger partial charge in [-0.05, 0) is 38.1 Å². The van der Waals surface area contributed by atoms with E-state index in [1.165, 1.54) is 6.20 Å². The highest BCUT2D eigenvalue weighted by molar-refractivity contribution is 7.89. The molecule has 1 fully saturated rings. The molecule has 1 atom stereocenters. The van der Waals surface area contributed by atoms with Crippen molar-refractivity contribution in [1.82, 2.24) is 14.8 Å². The van der Waals surface area contributed by atoms with Gasteiger partial charge in [0.1, 0.15) is 0 Å². The molecule has 23 heavy (non-hydrogen) atoms. The van der Waals surface area contributed by atoms with E-state index in [1.54, 1.807) is 34.6 Å². The summed E-state index contributed by atoms with van der Waals surface area (Å²) in [5.41, 5.74) is 0.553. The lowest BCUT2D eigenvalue weighted by Gasteiger charge is -2.18. The molecule has 0 amide bonds. The molecule has 0 bridgehead atoms. The first kappa shape index (κ1) is 17.9. The quantitative estimate of drug-likeness (QED) is 0.885. The lowest BCUT2D eigenvalue weighted by atomic mass is 10.1. The van der Waals surface area contributed by atoms with Crippen molar-refractivity contribution in [3.63, 3.8) is 0 Å². The van der Waals surface area contributed by atoms with Crippen LogP contribution >= 0.6 is 12.4 Å². The van der Waals surface area contributed by atoms with E-state index in [2.05, 4.69) is 10.5 Å². The maximum atomic E-state index is 12.9. The number of nitrogens with one attached hydrogen (secondary N) is 1. The number of halogens is 1. The molecule has 0 radical (unpaired) electrons. The Morgan fingerprint density at radius 2 is 2.13 bits per heavy atom. The predicted molar refractivity (Wildman–Crippen MR) is 90.0 cm³/mol. The first-order chi connectivity index (χ1) is 10.6. The molecule has 1 saturated heterocycles. The van der Waals surface area contributed by atoms with Gasteiger partial charge in [-0.15, -0.1) is 12.4 Å². The molecule has 1 unspecified atom stereocenters. The maximum absolute atomic E-state index is 12.9. The molecule has 0 aliphatic carbocycles. The SMILES string of the molecule is CNCC1CCN(S(=O)(=O)c2ccccc2-c2ccno2)C1.Cl. The highest BCUT2D eigenvalue weighted by atomic mass is 35.5. The van der Waals surface area contributed by atoms with Crippen molar-refractivity contribution < 1.29 is 12.9 Å². The molecule has 0 saturated carbocycles. The summed E-state index contributed by atoms with van der Waals surface area (Å²) in [6.07, 6.45) is 2.39. The van der Waals surface area contributed by atoms with Crippen molar-refractivity contribution >= 4 is 22.4 Å². The zero-order chi connectivity index (χ0) is 15.6. The van der Waals surface area contributed by atoms with Crippen LogP contribution in [0.1, 0.15) is 6.42 Å². The number of benzene rings is 1. The first-order valence-corrected chi connectivity index (χ1v) is 8.72. The molecule has 0 spiro atoms. The van der Waals surface area contributed by atoms with Gasteiger partial charge in [-0.1, -0.05) is 17.3 Å². The standard InChI is InChI=1S/C15H19N3O3S.ClH/c1-16-10-12-7-9-18(11-12)22(19,20)15-5-3-2-4-13(15)14-6-8-17-21-14;/h2-6,8,12,16H,7,9-11H2,1H3;1H. The Kier molecular flexibility index (Phi) is 5.80. The Morgan fingerprint density at radius 1 is 1.35 bits per heavy atom. The Morgan fingerprint density at radius 3 is 2.83 bits per heavy atom. The fourth-order valence-electron chi connectivity index (χ4n) is 2.86. The van der Waals surface area contributed by atoms with E-state index >= 15 is 0 Å². The van der Waals surface area contributed by atoms with E-state index in [0.29, 0.717) is 30.3 Å². The van der Waals surface area contributed by atoms with Crippen molar-refractivity contribution in [2.75, 3.05) is 26.7 Å². The summed E-state index contributed by atoms with van der Waals surface area (Å²) in [5, 5.41) is 6.77. The topological polar surface area (TPSA) is 75.4 Å². The van der Waals surface area contributed by atoms with E-state index in [9.17, 15) is 8.42 Å². The average molecular weight is 358 g/mol. The summed E-state index contributed by atoms with van der Waals surface area (Å²) in [7, 11) is -1.64. The fourth-order valence-corrected chi connectivity index (χ4v) is 4.59. The van der Waals surface area contributed by atoms with Gasteiger partial charge in [0, 0.05) is 24.7 Å². The van der Waals surface area contributed by atoms with Crippen LogP contribution in [0.25, 0.3) is 11.3 Å². The van der Waals surface area contributed by atoms with Crippen LogP contribution in [-0.4, -0.2) is 44.6 Å². The molecule has 126 valence electrons. The third kappa shape index (κ3) is 3.58. The molecule has 1 aromatic carbocycles. The third-order valence-corrected chi connectivity index (χ3v) is 5.87.